The number of nitrogens with one attached hydrogen (secondary N) is 2. The quantitative estimate of drug-likeness (QED) is 0.280. The number of imidazole rings is 1. The Labute approximate surface area is 211 Å². The SMILES string of the molecule is O=C(N[C@H](Cc1ccc(-c2cc(Cl)ccc2F)cc1)C[C@@H](CCn1ccnc1)C(=O)O)c1cnn[nH]1. The molecule has 11 heteroatoms. The fraction of sp³-hybridized carbons (Fsp3) is 0.240. The lowest BCUT2D eigenvalue weighted by Gasteiger charge is -2.23. The summed E-state index contributed by atoms with van der Waals surface area (Å²) >= 11 is 6.02. The molecule has 0 radical (unpaired) electrons. The van der Waals surface area contributed by atoms with Gasteiger partial charge in [-0.25, -0.2) is 9.37 Å². The van der Waals surface area contributed by atoms with Crippen molar-refractivity contribution in [3.8, 4) is 11.1 Å². The highest BCUT2D eigenvalue weighted by Gasteiger charge is 2.25. The molecule has 186 valence electrons. The lowest BCUT2D eigenvalue weighted by Crippen LogP contribution is -2.39. The molecule has 1 amide bonds. The van der Waals surface area contributed by atoms with Crippen LogP contribution in [0, 0.1) is 11.7 Å². The van der Waals surface area contributed by atoms with Crippen molar-refractivity contribution < 1.29 is 19.1 Å². The van der Waals surface area contributed by atoms with Crippen molar-refractivity contribution in [2.45, 2.75) is 31.8 Å². The highest BCUT2D eigenvalue weighted by atomic mass is 35.5. The van der Waals surface area contributed by atoms with Crippen molar-refractivity contribution in [2.75, 3.05) is 0 Å². The minimum atomic E-state index is -0.940. The summed E-state index contributed by atoms with van der Waals surface area (Å²) in [5.41, 5.74) is 2.08. The van der Waals surface area contributed by atoms with Crippen LogP contribution < -0.4 is 5.32 Å². The molecule has 0 spiro atoms. The molecule has 0 aliphatic heterocycles. The van der Waals surface area contributed by atoms with Gasteiger partial charge in [0.2, 0.25) is 0 Å². The molecule has 0 unspecified atom stereocenters. The zero-order chi connectivity index (χ0) is 25.5. The first-order chi connectivity index (χ1) is 17.4. The van der Waals surface area contributed by atoms with Gasteiger partial charge in [-0.15, -0.1) is 5.10 Å². The summed E-state index contributed by atoms with van der Waals surface area (Å²) in [7, 11) is 0. The molecule has 0 saturated heterocycles. The third kappa shape index (κ3) is 6.54. The van der Waals surface area contributed by atoms with E-state index in [9.17, 15) is 19.1 Å². The fourth-order valence-electron chi connectivity index (χ4n) is 4.00. The van der Waals surface area contributed by atoms with Crippen molar-refractivity contribution in [3.05, 3.63) is 89.5 Å². The molecule has 2 aromatic heterocycles. The van der Waals surface area contributed by atoms with E-state index in [0.717, 1.165) is 5.56 Å². The summed E-state index contributed by atoms with van der Waals surface area (Å²) in [5.74, 6) is -2.45. The van der Waals surface area contributed by atoms with Crippen LogP contribution in [-0.2, 0) is 17.8 Å². The first-order valence-electron chi connectivity index (χ1n) is 11.3. The molecule has 3 N–H and O–H groups in total. The van der Waals surface area contributed by atoms with Crippen molar-refractivity contribution in [1.82, 2.24) is 30.3 Å². The van der Waals surface area contributed by atoms with Gasteiger partial charge in [-0.2, -0.15) is 0 Å². The second-order valence-corrected chi connectivity index (χ2v) is 8.86. The summed E-state index contributed by atoms with van der Waals surface area (Å²) < 4.78 is 16.1. The number of nitrogens with zero attached hydrogens (tertiary/aromatic N) is 4. The van der Waals surface area contributed by atoms with Gasteiger partial charge in [0.15, 0.2) is 0 Å². The van der Waals surface area contributed by atoms with Crippen LogP contribution in [0.15, 0.2) is 67.4 Å². The zero-order valence-corrected chi connectivity index (χ0v) is 19.9. The van der Waals surface area contributed by atoms with Gasteiger partial charge >= 0.3 is 5.97 Å². The largest absolute Gasteiger partial charge is 0.481 e. The Bertz CT molecular complexity index is 1300. The van der Waals surface area contributed by atoms with Gasteiger partial charge in [0.25, 0.3) is 5.91 Å². The third-order valence-electron chi connectivity index (χ3n) is 5.88. The number of aliphatic carboxylic acids is 1. The molecule has 2 aromatic carbocycles. The smallest absolute Gasteiger partial charge is 0.306 e. The summed E-state index contributed by atoms with van der Waals surface area (Å²) in [6.07, 6.45) is 7.30. The van der Waals surface area contributed by atoms with Crippen LogP contribution in [0.3, 0.4) is 0 Å². The van der Waals surface area contributed by atoms with Gasteiger partial charge in [0, 0.05) is 35.6 Å². The Morgan fingerprint density at radius 1 is 1.19 bits per heavy atom. The van der Waals surface area contributed by atoms with Gasteiger partial charge in [-0.3, -0.25) is 14.7 Å². The second-order valence-electron chi connectivity index (χ2n) is 8.43. The Balaban J connectivity index is 1.51. The molecular formula is C25H24ClFN6O3. The van der Waals surface area contributed by atoms with Crippen LogP contribution in [-0.4, -0.2) is 48.0 Å². The normalized spacial score (nSPS) is 12.7. The van der Waals surface area contributed by atoms with E-state index in [1.807, 2.05) is 16.7 Å². The van der Waals surface area contributed by atoms with E-state index >= 15 is 0 Å². The second kappa shape index (κ2) is 11.6. The van der Waals surface area contributed by atoms with E-state index in [2.05, 4.69) is 25.7 Å². The number of carbonyl (C=O) groups is 2. The fourth-order valence-corrected chi connectivity index (χ4v) is 4.17. The molecule has 2 atom stereocenters. The van der Waals surface area contributed by atoms with Crippen LogP contribution >= 0.6 is 11.6 Å². The molecule has 0 saturated carbocycles. The third-order valence-corrected chi connectivity index (χ3v) is 6.12. The molecule has 4 aromatic rings. The van der Waals surface area contributed by atoms with E-state index in [0.29, 0.717) is 35.5 Å². The number of rotatable bonds is 11. The zero-order valence-electron chi connectivity index (χ0n) is 19.1. The maximum Gasteiger partial charge on any atom is 0.306 e. The number of aromatic nitrogens is 5. The average molecular weight is 511 g/mol. The van der Waals surface area contributed by atoms with Gasteiger partial charge < -0.3 is 15.0 Å². The van der Waals surface area contributed by atoms with Crippen LogP contribution in [0.5, 0.6) is 0 Å². The summed E-state index contributed by atoms with van der Waals surface area (Å²) in [6, 6.07) is 11.1. The Hall–Kier alpha value is -4.05. The Morgan fingerprint density at radius 2 is 2.00 bits per heavy atom. The maximum atomic E-state index is 14.3. The molecular weight excluding hydrogens is 487 g/mol. The number of carboxylic acids is 1. The predicted octanol–water partition coefficient (Wildman–Crippen LogP) is 3.98. The number of carbonyl (C=O) groups excluding carboxylic acids is 1. The van der Waals surface area contributed by atoms with Gasteiger partial charge in [-0.05, 0) is 48.6 Å². The standard InChI is InChI=1S/C25H24ClFN6O3/c26-19-5-6-22(27)21(13-19)17-3-1-16(2-4-17)11-20(30-24(34)23-14-29-32-31-23)12-18(25(35)36)7-9-33-10-8-28-15-33/h1-6,8,10,13-15,18,20H,7,9,11-12H2,(H,30,34)(H,35,36)(H,29,31,32)/t18-,20-/m1/s1. The highest BCUT2D eigenvalue weighted by Crippen LogP contribution is 2.27. The molecule has 0 fully saturated rings. The number of halogens is 2. The molecule has 2 heterocycles. The Morgan fingerprint density at radius 3 is 2.67 bits per heavy atom. The molecule has 4 rings (SSSR count). The minimum absolute atomic E-state index is 0.178. The van der Waals surface area contributed by atoms with E-state index in [1.54, 1.807) is 36.9 Å². The number of amides is 1. The lowest BCUT2D eigenvalue weighted by molar-refractivity contribution is -0.142. The van der Waals surface area contributed by atoms with Gasteiger partial charge in [0.1, 0.15) is 11.5 Å². The van der Waals surface area contributed by atoms with E-state index in [-0.39, 0.29) is 17.9 Å². The summed E-state index contributed by atoms with van der Waals surface area (Å²) in [5, 5.41) is 22.9. The van der Waals surface area contributed by atoms with Gasteiger partial charge in [-0.1, -0.05) is 41.1 Å². The molecule has 9 nitrogen and oxygen atoms in total. The van der Waals surface area contributed by atoms with Crippen molar-refractivity contribution >= 4 is 23.5 Å². The first kappa shape index (κ1) is 25.1. The maximum absolute atomic E-state index is 14.3. The summed E-state index contributed by atoms with van der Waals surface area (Å²) in [4.78, 5) is 28.7. The number of hydrogen-bond donors (Lipinski definition) is 3. The van der Waals surface area contributed by atoms with Crippen molar-refractivity contribution in [1.29, 1.82) is 0 Å². The van der Waals surface area contributed by atoms with Crippen LogP contribution in [0.1, 0.15) is 28.9 Å². The van der Waals surface area contributed by atoms with Crippen molar-refractivity contribution in [2.24, 2.45) is 5.92 Å². The number of aromatic amines is 1. The number of carboxylic acid groups (broad SMARTS) is 1. The molecule has 36 heavy (non-hydrogen) atoms. The molecule has 0 aliphatic rings. The monoisotopic (exact) mass is 510 g/mol. The highest BCUT2D eigenvalue weighted by molar-refractivity contribution is 6.30. The predicted molar refractivity (Wildman–Crippen MR) is 131 cm³/mol. The van der Waals surface area contributed by atoms with Gasteiger partial charge in [0.05, 0.1) is 18.4 Å². The minimum Gasteiger partial charge on any atom is -0.481 e. The molecule has 0 aliphatic carbocycles. The Kier molecular flexibility index (Phi) is 8.06. The number of benzene rings is 2. The summed E-state index contributed by atoms with van der Waals surface area (Å²) in [6.45, 7) is 0.488. The lowest BCUT2D eigenvalue weighted by atomic mass is 9.92. The number of aryl methyl sites for hydroxylation is 1. The van der Waals surface area contributed by atoms with E-state index < -0.39 is 23.8 Å². The van der Waals surface area contributed by atoms with Crippen molar-refractivity contribution in [3.63, 3.8) is 0 Å². The van der Waals surface area contributed by atoms with Crippen LogP contribution in [0.4, 0.5) is 4.39 Å². The topological polar surface area (TPSA) is 126 Å². The van der Waals surface area contributed by atoms with E-state index in [1.165, 1.54) is 18.3 Å². The average Bonchev–Trinajstić information content (AvgIpc) is 3.58. The first-order valence-corrected chi connectivity index (χ1v) is 11.7. The molecule has 0 bridgehead atoms. The number of H-pyrrole nitrogens is 1. The van der Waals surface area contributed by atoms with Crippen LogP contribution in [0.2, 0.25) is 5.02 Å². The van der Waals surface area contributed by atoms with E-state index in [4.69, 9.17) is 11.6 Å². The number of hydrogen-bond acceptors (Lipinski definition) is 5. The van der Waals surface area contributed by atoms with Crippen LogP contribution in [0.25, 0.3) is 11.1 Å².